The van der Waals surface area contributed by atoms with Crippen LogP contribution in [0, 0.1) is 11.8 Å². The molecule has 16 heavy (non-hydrogen) atoms. The molecule has 1 aliphatic heterocycles. The summed E-state index contributed by atoms with van der Waals surface area (Å²) in [5, 5.41) is 2.71. The third kappa shape index (κ3) is 1.70. The van der Waals surface area contributed by atoms with E-state index in [9.17, 15) is 9.59 Å². The van der Waals surface area contributed by atoms with E-state index >= 15 is 0 Å². The van der Waals surface area contributed by atoms with E-state index in [1.54, 1.807) is 0 Å². The first-order valence-corrected chi connectivity index (χ1v) is 6.33. The van der Waals surface area contributed by atoms with Gasteiger partial charge in [0.2, 0.25) is 11.8 Å². The van der Waals surface area contributed by atoms with Crippen molar-refractivity contribution in [2.45, 2.75) is 38.1 Å². The molecule has 88 valence electrons. The molecule has 1 N–H and O–H groups in total. The first kappa shape index (κ1) is 10.1. The van der Waals surface area contributed by atoms with Gasteiger partial charge in [-0.3, -0.25) is 9.59 Å². The van der Waals surface area contributed by atoms with Gasteiger partial charge in [0, 0.05) is 6.54 Å². The Hall–Kier alpha value is -1.06. The van der Waals surface area contributed by atoms with Gasteiger partial charge in [0.25, 0.3) is 0 Å². The maximum atomic E-state index is 11.9. The fourth-order valence-electron chi connectivity index (χ4n) is 2.71. The molecule has 1 heterocycles. The lowest BCUT2D eigenvalue weighted by Crippen LogP contribution is -2.60. The largest absolute Gasteiger partial charge is 0.345 e. The summed E-state index contributed by atoms with van der Waals surface area (Å²) in [7, 11) is 0. The predicted octanol–water partition coefficient (Wildman–Crippen LogP) is 0.523. The average Bonchev–Trinajstić information content (AvgIpc) is 3.00. The quantitative estimate of drug-likeness (QED) is 0.757. The van der Waals surface area contributed by atoms with Crippen LogP contribution in [0.1, 0.15) is 32.1 Å². The highest BCUT2D eigenvalue weighted by atomic mass is 16.2. The van der Waals surface area contributed by atoms with Gasteiger partial charge in [-0.15, -0.1) is 0 Å². The topological polar surface area (TPSA) is 49.4 Å². The second kappa shape index (κ2) is 3.75. The van der Waals surface area contributed by atoms with Crippen LogP contribution in [0.3, 0.4) is 0 Å². The van der Waals surface area contributed by atoms with Crippen LogP contribution in [0.4, 0.5) is 0 Å². The Morgan fingerprint density at radius 1 is 1.19 bits per heavy atom. The van der Waals surface area contributed by atoms with E-state index in [2.05, 4.69) is 5.32 Å². The maximum absolute atomic E-state index is 11.9. The summed E-state index contributed by atoms with van der Waals surface area (Å²) < 4.78 is 0. The molecule has 4 nitrogen and oxygen atoms in total. The normalized spacial score (nSPS) is 31.2. The number of piperazine rings is 1. The van der Waals surface area contributed by atoms with Crippen LogP contribution in [0.25, 0.3) is 0 Å². The van der Waals surface area contributed by atoms with Crippen molar-refractivity contribution in [3.8, 4) is 0 Å². The van der Waals surface area contributed by atoms with Crippen LogP contribution in [-0.2, 0) is 9.59 Å². The highest BCUT2D eigenvalue weighted by Crippen LogP contribution is 2.38. The fourth-order valence-corrected chi connectivity index (χ4v) is 2.71. The van der Waals surface area contributed by atoms with Crippen molar-refractivity contribution in [1.82, 2.24) is 10.2 Å². The molecule has 3 rings (SSSR count). The first-order valence-electron chi connectivity index (χ1n) is 6.33. The molecular formula is C12H18N2O2. The molecule has 0 aromatic rings. The molecular weight excluding hydrogens is 204 g/mol. The molecule has 0 aromatic carbocycles. The van der Waals surface area contributed by atoms with Gasteiger partial charge in [0.1, 0.15) is 6.04 Å². The molecule has 2 saturated carbocycles. The minimum absolute atomic E-state index is 0.0708. The molecule has 1 saturated heterocycles. The molecule has 0 aromatic heterocycles. The van der Waals surface area contributed by atoms with Crippen molar-refractivity contribution >= 4 is 11.8 Å². The van der Waals surface area contributed by atoms with Gasteiger partial charge in [-0.25, -0.2) is 0 Å². The van der Waals surface area contributed by atoms with Crippen molar-refractivity contribution in [3.05, 3.63) is 0 Å². The van der Waals surface area contributed by atoms with Crippen molar-refractivity contribution in [2.24, 2.45) is 11.8 Å². The van der Waals surface area contributed by atoms with E-state index in [0.29, 0.717) is 11.8 Å². The molecule has 3 fully saturated rings. The summed E-state index contributed by atoms with van der Waals surface area (Å²) in [5.41, 5.74) is 0. The van der Waals surface area contributed by atoms with Crippen LogP contribution >= 0.6 is 0 Å². The number of carbonyl (C=O) groups excluding carboxylic acids is 2. The highest BCUT2D eigenvalue weighted by Gasteiger charge is 2.45. The molecule has 4 heteroatoms. The van der Waals surface area contributed by atoms with Crippen LogP contribution in [0.2, 0.25) is 0 Å². The fraction of sp³-hybridized carbons (Fsp3) is 0.833. The van der Waals surface area contributed by atoms with Gasteiger partial charge < -0.3 is 10.2 Å². The molecule has 0 radical (unpaired) electrons. The summed E-state index contributed by atoms with van der Waals surface area (Å²) in [5.74, 6) is 1.27. The number of amides is 2. The average molecular weight is 222 g/mol. The van der Waals surface area contributed by atoms with Gasteiger partial charge >= 0.3 is 0 Å². The maximum Gasteiger partial charge on any atom is 0.243 e. The lowest BCUT2D eigenvalue weighted by Gasteiger charge is -2.39. The van der Waals surface area contributed by atoms with E-state index < -0.39 is 0 Å². The van der Waals surface area contributed by atoms with E-state index in [1.807, 2.05) is 4.90 Å². The Bertz CT molecular complexity index is 321. The lowest BCUT2D eigenvalue weighted by atomic mass is 9.84. The number of hydrogen-bond acceptors (Lipinski definition) is 2. The van der Waals surface area contributed by atoms with Crippen LogP contribution in [-0.4, -0.2) is 35.8 Å². The zero-order chi connectivity index (χ0) is 11.1. The Morgan fingerprint density at radius 2 is 1.94 bits per heavy atom. The Labute approximate surface area is 95.4 Å². The van der Waals surface area contributed by atoms with Crippen LogP contribution in [0.5, 0.6) is 0 Å². The summed E-state index contributed by atoms with van der Waals surface area (Å²) in [4.78, 5) is 25.5. The van der Waals surface area contributed by atoms with E-state index in [-0.39, 0.29) is 24.4 Å². The first-order chi connectivity index (χ1) is 7.75. The molecule has 1 unspecified atom stereocenters. The van der Waals surface area contributed by atoms with Gasteiger partial charge in [0.05, 0.1) is 6.54 Å². The molecule has 2 aliphatic carbocycles. The van der Waals surface area contributed by atoms with Gasteiger partial charge in [-0.1, -0.05) is 6.42 Å². The van der Waals surface area contributed by atoms with Gasteiger partial charge in [-0.05, 0) is 37.5 Å². The van der Waals surface area contributed by atoms with E-state index in [0.717, 1.165) is 19.4 Å². The van der Waals surface area contributed by atoms with E-state index in [1.165, 1.54) is 19.3 Å². The monoisotopic (exact) mass is 222 g/mol. The molecule has 2 amide bonds. The highest BCUT2D eigenvalue weighted by molar-refractivity contribution is 5.95. The Kier molecular flexibility index (Phi) is 2.37. The smallest absolute Gasteiger partial charge is 0.243 e. The lowest BCUT2D eigenvalue weighted by molar-refractivity contribution is -0.147. The number of nitrogens with one attached hydrogen (secondary N) is 1. The Balaban J connectivity index is 1.72. The molecule has 1 atom stereocenters. The molecule has 3 aliphatic rings. The Morgan fingerprint density at radius 3 is 2.50 bits per heavy atom. The minimum Gasteiger partial charge on any atom is -0.345 e. The third-order valence-electron chi connectivity index (χ3n) is 4.09. The molecule has 0 bridgehead atoms. The van der Waals surface area contributed by atoms with E-state index in [4.69, 9.17) is 0 Å². The second-order valence-electron chi connectivity index (χ2n) is 5.34. The standard InChI is InChI=1S/C12H18N2O2/c15-10-6-13-12(16)11(9-4-5-9)14(10)7-8-2-1-3-8/h8-9,11H,1-7H2,(H,13,16). The zero-order valence-corrected chi connectivity index (χ0v) is 9.45. The summed E-state index contributed by atoms with van der Waals surface area (Å²) >= 11 is 0. The molecule has 0 spiro atoms. The van der Waals surface area contributed by atoms with Gasteiger partial charge in [-0.2, -0.15) is 0 Å². The summed E-state index contributed by atoms with van der Waals surface area (Å²) in [6.07, 6.45) is 5.94. The second-order valence-corrected chi connectivity index (χ2v) is 5.34. The number of hydrogen-bond donors (Lipinski definition) is 1. The zero-order valence-electron chi connectivity index (χ0n) is 9.45. The van der Waals surface area contributed by atoms with Gasteiger partial charge in [0.15, 0.2) is 0 Å². The van der Waals surface area contributed by atoms with Crippen LogP contribution < -0.4 is 5.32 Å². The van der Waals surface area contributed by atoms with Crippen molar-refractivity contribution in [3.63, 3.8) is 0 Å². The van der Waals surface area contributed by atoms with Crippen molar-refractivity contribution < 1.29 is 9.59 Å². The number of nitrogens with zero attached hydrogens (tertiary/aromatic N) is 1. The number of carbonyl (C=O) groups is 2. The van der Waals surface area contributed by atoms with Crippen molar-refractivity contribution in [1.29, 1.82) is 0 Å². The number of rotatable bonds is 3. The SMILES string of the molecule is O=C1NCC(=O)N(CC2CCC2)C1C1CC1. The minimum atomic E-state index is -0.151. The summed E-state index contributed by atoms with van der Waals surface area (Å²) in [6, 6.07) is -0.151. The summed E-state index contributed by atoms with van der Waals surface area (Å²) in [6.45, 7) is 1.02. The van der Waals surface area contributed by atoms with Crippen LogP contribution in [0.15, 0.2) is 0 Å². The predicted molar refractivity (Wildman–Crippen MR) is 58.6 cm³/mol. The third-order valence-corrected chi connectivity index (χ3v) is 4.09. The van der Waals surface area contributed by atoms with Crippen molar-refractivity contribution in [2.75, 3.05) is 13.1 Å².